The molecule has 1 unspecified atom stereocenters. The van der Waals surface area contributed by atoms with Gasteiger partial charge in [-0.2, -0.15) is 0 Å². The average molecular weight is 453 g/mol. The Morgan fingerprint density at radius 1 is 1.39 bits per heavy atom. The molecule has 0 radical (unpaired) electrons. The summed E-state index contributed by atoms with van der Waals surface area (Å²) >= 11 is 0. The molecule has 0 bridgehead atoms. The average Bonchev–Trinajstić information content (AvgIpc) is 3.18. The summed E-state index contributed by atoms with van der Waals surface area (Å²) in [4.78, 5) is 29.3. The highest BCUT2D eigenvalue weighted by molar-refractivity contribution is 7.90. The predicted molar refractivity (Wildman–Crippen MR) is 104 cm³/mol. The molecule has 1 spiro atoms. The lowest BCUT2D eigenvalue weighted by Crippen LogP contribution is -2.45. The van der Waals surface area contributed by atoms with Gasteiger partial charge in [0.15, 0.2) is 21.1 Å². The molecule has 166 valence electrons. The Balaban J connectivity index is 1.67. The molecular formula is C19H20FN3O7S. The van der Waals surface area contributed by atoms with E-state index in [9.17, 15) is 27.5 Å². The maximum absolute atomic E-state index is 13.5. The molecule has 0 aliphatic carbocycles. The zero-order valence-corrected chi connectivity index (χ0v) is 17.4. The topological polar surface area (TPSA) is 137 Å². The Morgan fingerprint density at radius 3 is 2.84 bits per heavy atom. The number of nitrogens with zero attached hydrogens (tertiary/aromatic N) is 2. The predicted octanol–water partition coefficient (Wildman–Crippen LogP) is 0.0673. The second-order valence-corrected chi connectivity index (χ2v) is 9.43. The highest BCUT2D eigenvalue weighted by Gasteiger charge is 2.45. The summed E-state index contributed by atoms with van der Waals surface area (Å²) in [6.07, 6.45) is 1.37. The van der Waals surface area contributed by atoms with Crippen molar-refractivity contribution >= 4 is 15.7 Å². The molecule has 1 aromatic carbocycles. The van der Waals surface area contributed by atoms with E-state index in [1.54, 1.807) is 0 Å². The fourth-order valence-corrected chi connectivity index (χ4v) is 4.71. The number of carbonyl (C=O) groups excluding carboxylic acids is 1. The first-order valence-electron chi connectivity index (χ1n) is 9.45. The van der Waals surface area contributed by atoms with Crippen molar-refractivity contribution in [3.8, 4) is 5.75 Å². The molecule has 2 aliphatic rings. The van der Waals surface area contributed by atoms with E-state index in [1.165, 1.54) is 10.6 Å². The Bertz CT molecular complexity index is 1220. The van der Waals surface area contributed by atoms with Crippen LogP contribution in [0.5, 0.6) is 5.75 Å². The molecule has 1 atom stereocenters. The summed E-state index contributed by atoms with van der Waals surface area (Å²) in [5, 5.41) is 12.7. The van der Waals surface area contributed by atoms with Crippen LogP contribution in [0.1, 0.15) is 28.3 Å². The molecule has 2 aromatic rings. The van der Waals surface area contributed by atoms with Crippen LogP contribution in [-0.4, -0.2) is 55.1 Å². The summed E-state index contributed by atoms with van der Waals surface area (Å²) in [5.41, 5.74) is -2.10. The zero-order chi connectivity index (χ0) is 22.4. The molecule has 2 aliphatic heterocycles. The van der Waals surface area contributed by atoms with Gasteiger partial charge in [0.1, 0.15) is 11.6 Å². The quantitative estimate of drug-likeness (QED) is 0.664. The number of halogens is 1. The number of ether oxygens (including phenoxy) is 2. The van der Waals surface area contributed by atoms with E-state index in [4.69, 9.17) is 9.47 Å². The number of benzene rings is 1. The van der Waals surface area contributed by atoms with Crippen molar-refractivity contribution in [3.05, 3.63) is 51.5 Å². The van der Waals surface area contributed by atoms with E-state index in [-0.39, 0.29) is 42.6 Å². The summed E-state index contributed by atoms with van der Waals surface area (Å²) in [6.45, 7) is 0.689. The Morgan fingerprint density at radius 2 is 2.16 bits per heavy atom. The molecule has 1 amide bonds. The number of hydrogen-bond donors (Lipinski definition) is 2. The van der Waals surface area contributed by atoms with Gasteiger partial charge >= 0.3 is 0 Å². The SMILES string of the molecule is CS(=O)(=O)c1cc(F)ccc1CNC(=O)c1nc2n(c(=O)c1O)CCOC21CCOC1. The first-order chi connectivity index (χ1) is 14.6. The van der Waals surface area contributed by atoms with Crippen molar-refractivity contribution in [3.63, 3.8) is 0 Å². The van der Waals surface area contributed by atoms with Crippen LogP contribution in [0.4, 0.5) is 4.39 Å². The molecule has 2 N–H and O–H groups in total. The molecule has 1 saturated heterocycles. The molecule has 0 saturated carbocycles. The summed E-state index contributed by atoms with van der Waals surface area (Å²) < 4.78 is 49.8. The number of amides is 1. The minimum absolute atomic E-state index is 0.149. The third kappa shape index (κ3) is 3.82. The number of rotatable bonds is 4. The van der Waals surface area contributed by atoms with Crippen LogP contribution in [0.15, 0.2) is 27.9 Å². The number of aromatic nitrogens is 2. The van der Waals surface area contributed by atoms with Crippen molar-refractivity contribution in [1.82, 2.24) is 14.9 Å². The lowest BCUT2D eigenvalue weighted by atomic mass is 10.00. The number of aromatic hydroxyl groups is 1. The summed E-state index contributed by atoms with van der Waals surface area (Å²) in [6, 6.07) is 3.16. The van der Waals surface area contributed by atoms with Crippen molar-refractivity contribution in [2.45, 2.75) is 30.0 Å². The second kappa shape index (κ2) is 7.70. The molecule has 3 heterocycles. The smallest absolute Gasteiger partial charge is 0.296 e. The largest absolute Gasteiger partial charge is 0.501 e. The minimum Gasteiger partial charge on any atom is -0.501 e. The van der Waals surface area contributed by atoms with Crippen molar-refractivity contribution in [2.24, 2.45) is 0 Å². The van der Waals surface area contributed by atoms with Gasteiger partial charge in [0.05, 0.1) is 31.3 Å². The van der Waals surface area contributed by atoms with Crippen LogP contribution in [0.2, 0.25) is 0 Å². The van der Waals surface area contributed by atoms with E-state index in [2.05, 4.69) is 10.3 Å². The summed E-state index contributed by atoms with van der Waals surface area (Å²) in [7, 11) is -3.75. The van der Waals surface area contributed by atoms with Gasteiger partial charge in [-0.05, 0) is 17.7 Å². The van der Waals surface area contributed by atoms with Gasteiger partial charge in [0, 0.05) is 19.2 Å². The van der Waals surface area contributed by atoms with Gasteiger partial charge in [0.2, 0.25) is 5.75 Å². The Hall–Kier alpha value is -2.83. The number of hydrogen-bond acceptors (Lipinski definition) is 8. The molecular weight excluding hydrogens is 433 g/mol. The third-order valence-electron chi connectivity index (χ3n) is 5.31. The monoisotopic (exact) mass is 453 g/mol. The highest BCUT2D eigenvalue weighted by Crippen LogP contribution is 2.36. The summed E-state index contributed by atoms with van der Waals surface area (Å²) in [5.74, 6) is -2.24. The van der Waals surface area contributed by atoms with Gasteiger partial charge in [-0.25, -0.2) is 17.8 Å². The number of fused-ring (bicyclic) bond motifs is 2. The number of carbonyl (C=O) groups is 1. The van der Waals surface area contributed by atoms with Crippen LogP contribution < -0.4 is 10.9 Å². The minimum atomic E-state index is -3.75. The van der Waals surface area contributed by atoms with E-state index in [0.29, 0.717) is 13.0 Å². The van der Waals surface area contributed by atoms with Crippen molar-refractivity contribution in [2.75, 3.05) is 26.1 Å². The molecule has 4 rings (SSSR count). The maximum atomic E-state index is 13.5. The van der Waals surface area contributed by atoms with Crippen LogP contribution in [0.25, 0.3) is 0 Å². The van der Waals surface area contributed by atoms with Gasteiger partial charge in [0.25, 0.3) is 11.5 Å². The fourth-order valence-electron chi connectivity index (χ4n) is 3.77. The molecule has 31 heavy (non-hydrogen) atoms. The van der Waals surface area contributed by atoms with Crippen LogP contribution in [0, 0.1) is 5.82 Å². The van der Waals surface area contributed by atoms with E-state index < -0.39 is 44.2 Å². The molecule has 12 heteroatoms. The first-order valence-corrected chi connectivity index (χ1v) is 11.3. The number of nitrogens with one attached hydrogen (secondary N) is 1. The Labute approximate surface area is 176 Å². The van der Waals surface area contributed by atoms with E-state index in [1.807, 2.05) is 0 Å². The lowest BCUT2D eigenvalue weighted by Gasteiger charge is -2.34. The molecule has 1 fully saturated rings. The van der Waals surface area contributed by atoms with E-state index >= 15 is 0 Å². The van der Waals surface area contributed by atoms with Gasteiger partial charge in [-0.3, -0.25) is 14.2 Å². The van der Waals surface area contributed by atoms with Crippen molar-refractivity contribution < 1.29 is 32.2 Å². The van der Waals surface area contributed by atoms with Crippen LogP contribution in [0.3, 0.4) is 0 Å². The van der Waals surface area contributed by atoms with E-state index in [0.717, 1.165) is 18.4 Å². The molecule has 10 nitrogen and oxygen atoms in total. The third-order valence-corrected chi connectivity index (χ3v) is 6.49. The fraction of sp³-hybridized carbons (Fsp3) is 0.421. The normalized spacial score (nSPS) is 20.6. The standard InChI is InChI=1S/C19H20FN3O7S/c1-31(27,28)13-8-12(20)3-2-11(13)9-21-16(25)14-15(24)17(26)23-5-7-30-19(18(23)22-14)4-6-29-10-19/h2-3,8,24H,4-7,9-10H2,1H3,(H,21,25). The van der Waals surface area contributed by atoms with Crippen LogP contribution >= 0.6 is 0 Å². The van der Waals surface area contributed by atoms with Gasteiger partial charge in [-0.15, -0.1) is 0 Å². The van der Waals surface area contributed by atoms with Crippen molar-refractivity contribution in [1.29, 1.82) is 0 Å². The highest BCUT2D eigenvalue weighted by atomic mass is 32.2. The number of sulfone groups is 1. The zero-order valence-electron chi connectivity index (χ0n) is 16.6. The first kappa shape index (κ1) is 21.4. The Kier molecular flexibility index (Phi) is 5.31. The maximum Gasteiger partial charge on any atom is 0.296 e. The van der Waals surface area contributed by atoms with Crippen LogP contribution in [-0.2, 0) is 38.0 Å². The van der Waals surface area contributed by atoms with Gasteiger partial charge < -0.3 is 19.9 Å². The molecule has 1 aromatic heterocycles. The van der Waals surface area contributed by atoms with Gasteiger partial charge in [-0.1, -0.05) is 6.07 Å². The second-order valence-electron chi connectivity index (χ2n) is 7.44. The lowest BCUT2D eigenvalue weighted by molar-refractivity contribution is -0.0852.